The first-order chi connectivity index (χ1) is 8.16. The number of nitrogens with one attached hydrogen (secondary N) is 2. The smallest absolute Gasteiger partial charge is 0.269 e. The van der Waals surface area contributed by atoms with Crippen LogP contribution in [-0.4, -0.2) is 31.5 Å². The van der Waals surface area contributed by atoms with Gasteiger partial charge in [-0.2, -0.15) is 8.42 Å². The Hall–Kier alpha value is -1.18. The zero-order valence-corrected chi connectivity index (χ0v) is 10.3. The molecule has 94 valence electrons. The van der Waals surface area contributed by atoms with E-state index in [9.17, 15) is 8.42 Å². The van der Waals surface area contributed by atoms with Gasteiger partial charge in [0.1, 0.15) is 0 Å². The molecule has 1 aliphatic heterocycles. The molecule has 0 atom stereocenters. The third-order valence-corrected chi connectivity index (χ3v) is 3.52. The number of pyridine rings is 1. The Bertz CT molecular complexity index is 443. The number of nitrogens with zero attached hydrogens (tertiary/aromatic N) is 2. The zero-order valence-electron chi connectivity index (χ0n) is 9.46. The van der Waals surface area contributed by atoms with E-state index >= 15 is 0 Å². The van der Waals surface area contributed by atoms with Crippen molar-refractivity contribution in [3.8, 4) is 0 Å². The summed E-state index contributed by atoms with van der Waals surface area (Å²) in [7, 11) is -3.55. The maximum absolute atomic E-state index is 11.8. The molecule has 1 aromatic heterocycles. The summed E-state index contributed by atoms with van der Waals surface area (Å²) in [4.78, 5) is 6.36. The standard InChI is InChI=1S/C10H16N4O2S/c15-17(16,12-10-5-4-6-11-9-10)13-14-7-2-1-3-8-14/h4-6,9,12-13H,1-3,7-8H2. The summed E-state index contributed by atoms with van der Waals surface area (Å²) in [5, 5.41) is 1.72. The van der Waals surface area contributed by atoms with Crippen LogP contribution in [0.15, 0.2) is 24.5 Å². The molecule has 7 heteroatoms. The molecule has 17 heavy (non-hydrogen) atoms. The van der Waals surface area contributed by atoms with Gasteiger partial charge >= 0.3 is 10.2 Å². The van der Waals surface area contributed by atoms with E-state index in [0.29, 0.717) is 5.69 Å². The van der Waals surface area contributed by atoms with Crippen LogP contribution in [0.25, 0.3) is 0 Å². The first kappa shape index (κ1) is 12.3. The molecule has 2 N–H and O–H groups in total. The first-order valence-electron chi connectivity index (χ1n) is 5.61. The van der Waals surface area contributed by atoms with Crippen molar-refractivity contribution in [3.05, 3.63) is 24.5 Å². The molecular weight excluding hydrogens is 240 g/mol. The number of hydrazine groups is 1. The minimum atomic E-state index is -3.55. The lowest BCUT2D eigenvalue weighted by molar-refractivity contribution is 0.200. The molecule has 0 radical (unpaired) electrons. The van der Waals surface area contributed by atoms with Gasteiger partial charge in [-0.15, -0.1) is 4.83 Å². The van der Waals surface area contributed by atoms with Gasteiger partial charge in [-0.3, -0.25) is 9.71 Å². The van der Waals surface area contributed by atoms with Crippen molar-refractivity contribution in [2.75, 3.05) is 17.8 Å². The highest BCUT2D eigenvalue weighted by Gasteiger charge is 2.17. The van der Waals surface area contributed by atoms with Crippen molar-refractivity contribution in [1.82, 2.24) is 14.8 Å². The predicted octanol–water partition coefficient (Wildman–Crippen LogP) is 0.729. The normalized spacial score (nSPS) is 17.9. The minimum Gasteiger partial charge on any atom is -0.269 e. The quantitative estimate of drug-likeness (QED) is 0.833. The fourth-order valence-electron chi connectivity index (χ4n) is 1.76. The Morgan fingerprint density at radius 1 is 1.24 bits per heavy atom. The van der Waals surface area contributed by atoms with E-state index < -0.39 is 10.2 Å². The average molecular weight is 256 g/mol. The largest absolute Gasteiger partial charge is 0.312 e. The zero-order chi connectivity index (χ0) is 12.1. The molecule has 2 rings (SSSR count). The van der Waals surface area contributed by atoms with Crippen LogP contribution >= 0.6 is 0 Å². The Kier molecular flexibility index (Phi) is 3.93. The van der Waals surface area contributed by atoms with Crippen LogP contribution in [0.5, 0.6) is 0 Å². The summed E-state index contributed by atoms with van der Waals surface area (Å²) in [6, 6.07) is 3.33. The monoisotopic (exact) mass is 256 g/mol. The van der Waals surface area contributed by atoms with Crippen molar-refractivity contribution in [3.63, 3.8) is 0 Å². The summed E-state index contributed by atoms with van der Waals surface area (Å²) < 4.78 is 26.0. The van der Waals surface area contributed by atoms with Crippen LogP contribution in [0.4, 0.5) is 5.69 Å². The highest BCUT2D eigenvalue weighted by molar-refractivity contribution is 7.90. The lowest BCUT2D eigenvalue weighted by atomic mass is 10.2. The Morgan fingerprint density at radius 2 is 2.00 bits per heavy atom. The SMILES string of the molecule is O=S(=O)(Nc1cccnc1)NN1CCCCC1. The van der Waals surface area contributed by atoms with E-state index in [0.717, 1.165) is 32.4 Å². The van der Waals surface area contributed by atoms with Crippen LogP contribution in [0, 0.1) is 0 Å². The molecule has 1 aromatic rings. The second kappa shape index (κ2) is 5.44. The Morgan fingerprint density at radius 3 is 2.65 bits per heavy atom. The minimum absolute atomic E-state index is 0.456. The molecule has 1 fully saturated rings. The Balaban J connectivity index is 1.94. The molecule has 0 aromatic carbocycles. The van der Waals surface area contributed by atoms with Gasteiger partial charge in [0, 0.05) is 19.3 Å². The van der Waals surface area contributed by atoms with Gasteiger partial charge in [0.15, 0.2) is 0 Å². The van der Waals surface area contributed by atoms with Crippen molar-refractivity contribution in [2.24, 2.45) is 0 Å². The van der Waals surface area contributed by atoms with Crippen LogP contribution in [-0.2, 0) is 10.2 Å². The average Bonchev–Trinajstić information content (AvgIpc) is 2.30. The number of piperidine rings is 1. The van der Waals surface area contributed by atoms with E-state index in [1.54, 1.807) is 23.3 Å². The first-order valence-corrected chi connectivity index (χ1v) is 7.09. The number of aromatic nitrogens is 1. The molecule has 6 nitrogen and oxygen atoms in total. The maximum atomic E-state index is 11.8. The molecule has 0 bridgehead atoms. The molecule has 0 unspecified atom stereocenters. The number of rotatable bonds is 4. The number of hydrogen-bond donors (Lipinski definition) is 2. The van der Waals surface area contributed by atoms with Crippen molar-refractivity contribution in [2.45, 2.75) is 19.3 Å². The molecule has 0 spiro atoms. The van der Waals surface area contributed by atoms with Crippen molar-refractivity contribution < 1.29 is 8.42 Å². The van der Waals surface area contributed by atoms with Gasteiger partial charge < -0.3 is 0 Å². The topological polar surface area (TPSA) is 74.3 Å². The van der Waals surface area contributed by atoms with Crippen molar-refractivity contribution >= 4 is 15.9 Å². The summed E-state index contributed by atoms with van der Waals surface area (Å²) >= 11 is 0. The van der Waals surface area contributed by atoms with E-state index in [-0.39, 0.29) is 0 Å². The maximum Gasteiger partial charge on any atom is 0.312 e. The van der Waals surface area contributed by atoms with Gasteiger partial charge in [-0.05, 0) is 25.0 Å². The second-order valence-electron chi connectivity index (χ2n) is 3.99. The fourth-order valence-corrected chi connectivity index (χ4v) is 2.76. The summed E-state index contributed by atoms with van der Waals surface area (Å²) in [6.07, 6.45) is 6.27. The van der Waals surface area contributed by atoms with Crippen LogP contribution in [0.2, 0.25) is 0 Å². The van der Waals surface area contributed by atoms with Gasteiger partial charge in [-0.25, -0.2) is 5.01 Å². The van der Waals surface area contributed by atoms with Crippen molar-refractivity contribution in [1.29, 1.82) is 0 Å². The van der Waals surface area contributed by atoms with Crippen LogP contribution in [0.3, 0.4) is 0 Å². The molecule has 2 heterocycles. The lowest BCUT2D eigenvalue weighted by Crippen LogP contribution is -2.47. The highest BCUT2D eigenvalue weighted by atomic mass is 32.2. The van der Waals surface area contributed by atoms with E-state index in [2.05, 4.69) is 14.5 Å². The summed E-state index contributed by atoms with van der Waals surface area (Å²) in [6.45, 7) is 1.52. The Labute approximate surface area is 101 Å². The van der Waals surface area contributed by atoms with Gasteiger partial charge in [0.05, 0.1) is 11.9 Å². The number of hydrogen-bond acceptors (Lipinski definition) is 4. The fraction of sp³-hybridized carbons (Fsp3) is 0.500. The highest BCUT2D eigenvalue weighted by Crippen LogP contribution is 2.08. The molecule has 0 amide bonds. The molecule has 1 aliphatic rings. The number of anilines is 1. The predicted molar refractivity (Wildman–Crippen MR) is 65.3 cm³/mol. The summed E-state index contributed by atoms with van der Waals surface area (Å²) in [5.74, 6) is 0. The molecular formula is C10H16N4O2S. The van der Waals surface area contributed by atoms with E-state index in [1.807, 2.05) is 0 Å². The van der Waals surface area contributed by atoms with E-state index in [4.69, 9.17) is 0 Å². The molecule has 0 saturated carbocycles. The lowest BCUT2D eigenvalue weighted by Gasteiger charge is -2.26. The van der Waals surface area contributed by atoms with E-state index in [1.165, 1.54) is 6.20 Å². The van der Waals surface area contributed by atoms with Gasteiger partial charge in [0.25, 0.3) is 0 Å². The van der Waals surface area contributed by atoms with Crippen LogP contribution in [0.1, 0.15) is 19.3 Å². The molecule has 1 saturated heterocycles. The third-order valence-electron chi connectivity index (χ3n) is 2.52. The van der Waals surface area contributed by atoms with Gasteiger partial charge in [0.2, 0.25) is 0 Å². The second-order valence-corrected chi connectivity index (χ2v) is 5.38. The van der Waals surface area contributed by atoms with Gasteiger partial charge in [-0.1, -0.05) is 6.42 Å². The molecule has 0 aliphatic carbocycles. The van der Waals surface area contributed by atoms with Crippen LogP contribution < -0.4 is 9.55 Å². The summed E-state index contributed by atoms with van der Waals surface area (Å²) in [5.41, 5.74) is 0.456. The third kappa shape index (κ3) is 3.95.